The molecule has 0 bridgehead atoms. The van der Waals surface area contributed by atoms with Crippen LogP contribution in [0.5, 0.6) is 0 Å². The molecule has 1 aromatic heterocycles. The minimum absolute atomic E-state index is 0.762. The lowest BCUT2D eigenvalue weighted by atomic mass is 10.3. The Hall–Kier alpha value is -1.52. The van der Waals surface area contributed by atoms with Crippen molar-refractivity contribution in [2.24, 2.45) is 18.0 Å². The van der Waals surface area contributed by atoms with Crippen LogP contribution in [0.3, 0.4) is 0 Å². The smallest absolute Gasteiger partial charge is 0.191 e. The molecule has 0 spiro atoms. The zero-order valence-electron chi connectivity index (χ0n) is 9.90. The van der Waals surface area contributed by atoms with Crippen LogP contribution < -0.4 is 10.6 Å². The van der Waals surface area contributed by atoms with Crippen molar-refractivity contribution >= 4 is 5.96 Å². The van der Waals surface area contributed by atoms with Crippen LogP contribution in [0.4, 0.5) is 0 Å². The van der Waals surface area contributed by atoms with E-state index in [1.54, 1.807) is 11.7 Å². The number of aryl methyl sites for hydroxylation is 1. The van der Waals surface area contributed by atoms with Crippen molar-refractivity contribution in [3.05, 3.63) is 18.0 Å². The standard InChI is InChI=1S/C11H19N5/c1-12-11(13-5-9-3-4-9)14-6-10-7-15-16(2)8-10/h7-9H,3-6H2,1-2H3,(H2,12,13,14). The van der Waals surface area contributed by atoms with Gasteiger partial charge in [-0.1, -0.05) is 0 Å². The molecule has 1 heterocycles. The Bertz CT molecular complexity index is 364. The fourth-order valence-corrected chi connectivity index (χ4v) is 1.53. The van der Waals surface area contributed by atoms with E-state index in [1.807, 2.05) is 19.4 Å². The average molecular weight is 221 g/mol. The summed E-state index contributed by atoms with van der Waals surface area (Å²) in [6, 6.07) is 0. The fraction of sp³-hybridized carbons (Fsp3) is 0.636. The van der Waals surface area contributed by atoms with Gasteiger partial charge in [0.05, 0.1) is 6.20 Å². The quantitative estimate of drug-likeness (QED) is 0.575. The number of aromatic nitrogens is 2. The lowest BCUT2D eigenvalue weighted by Crippen LogP contribution is -2.37. The number of hydrogen-bond donors (Lipinski definition) is 2. The van der Waals surface area contributed by atoms with E-state index >= 15 is 0 Å². The lowest BCUT2D eigenvalue weighted by molar-refractivity contribution is 0.736. The van der Waals surface area contributed by atoms with E-state index in [-0.39, 0.29) is 0 Å². The van der Waals surface area contributed by atoms with Crippen LogP contribution in [-0.4, -0.2) is 29.3 Å². The van der Waals surface area contributed by atoms with Gasteiger partial charge in [0.1, 0.15) is 0 Å². The fourth-order valence-electron chi connectivity index (χ4n) is 1.53. The maximum atomic E-state index is 4.18. The van der Waals surface area contributed by atoms with Gasteiger partial charge in [0.25, 0.3) is 0 Å². The summed E-state index contributed by atoms with van der Waals surface area (Å²) in [7, 11) is 3.72. The second-order valence-electron chi connectivity index (χ2n) is 4.27. The second-order valence-corrected chi connectivity index (χ2v) is 4.27. The molecule has 1 fully saturated rings. The molecule has 2 N–H and O–H groups in total. The molecule has 1 aliphatic carbocycles. The highest BCUT2D eigenvalue weighted by atomic mass is 15.2. The van der Waals surface area contributed by atoms with Crippen LogP contribution in [0.25, 0.3) is 0 Å². The number of nitrogens with one attached hydrogen (secondary N) is 2. The van der Waals surface area contributed by atoms with Crippen LogP contribution in [0.2, 0.25) is 0 Å². The molecular formula is C11H19N5. The summed E-state index contributed by atoms with van der Waals surface area (Å²) in [5.41, 5.74) is 1.16. The molecule has 0 atom stereocenters. The summed E-state index contributed by atoms with van der Waals surface area (Å²) < 4.78 is 1.80. The predicted molar refractivity (Wildman–Crippen MR) is 64.1 cm³/mol. The van der Waals surface area contributed by atoms with Gasteiger partial charge in [-0.2, -0.15) is 5.10 Å². The Balaban J connectivity index is 1.73. The first-order valence-corrected chi connectivity index (χ1v) is 5.70. The van der Waals surface area contributed by atoms with Crippen molar-refractivity contribution in [3.8, 4) is 0 Å². The molecule has 1 saturated carbocycles. The molecular weight excluding hydrogens is 202 g/mol. The summed E-state index contributed by atoms with van der Waals surface area (Å²) in [6.07, 6.45) is 6.57. The van der Waals surface area contributed by atoms with Crippen molar-refractivity contribution in [1.82, 2.24) is 20.4 Å². The molecule has 0 saturated heterocycles. The van der Waals surface area contributed by atoms with E-state index in [2.05, 4.69) is 20.7 Å². The van der Waals surface area contributed by atoms with Gasteiger partial charge in [-0.15, -0.1) is 0 Å². The summed E-state index contributed by atoms with van der Waals surface area (Å²) in [6.45, 7) is 1.80. The third-order valence-electron chi connectivity index (χ3n) is 2.70. The van der Waals surface area contributed by atoms with Crippen molar-refractivity contribution in [3.63, 3.8) is 0 Å². The molecule has 16 heavy (non-hydrogen) atoms. The third-order valence-corrected chi connectivity index (χ3v) is 2.70. The van der Waals surface area contributed by atoms with Crippen molar-refractivity contribution < 1.29 is 0 Å². The highest BCUT2D eigenvalue weighted by Crippen LogP contribution is 2.27. The summed E-state index contributed by atoms with van der Waals surface area (Å²) >= 11 is 0. The molecule has 0 unspecified atom stereocenters. The molecule has 2 rings (SSSR count). The topological polar surface area (TPSA) is 54.2 Å². The van der Waals surface area contributed by atoms with Gasteiger partial charge in [-0.3, -0.25) is 9.67 Å². The van der Waals surface area contributed by atoms with Gasteiger partial charge in [-0.05, 0) is 18.8 Å². The number of hydrogen-bond acceptors (Lipinski definition) is 2. The van der Waals surface area contributed by atoms with Gasteiger partial charge >= 0.3 is 0 Å². The zero-order chi connectivity index (χ0) is 11.4. The molecule has 5 nitrogen and oxygen atoms in total. The molecule has 5 heteroatoms. The first-order valence-electron chi connectivity index (χ1n) is 5.70. The Morgan fingerprint density at radius 2 is 2.38 bits per heavy atom. The summed E-state index contributed by atoms with van der Waals surface area (Å²) in [5, 5.41) is 10.7. The highest BCUT2D eigenvalue weighted by molar-refractivity contribution is 5.79. The number of nitrogens with zero attached hydrogens (tertiary/aromatic N) is 3. The Kier molecular flexibility index (Phi) is 3.44. The van der Waals surface area contributed by atoms with Gasteiger partial charge < -0.3 is 10.6 Å². The van der Waals surface area contributed by atoms with Crippen LogP contribution in [0.15, 0.2) is 17.4 Å². The Morgan fingerprint density at radius 3 is 2.94 bits per heavy atom. The number of aliphatic imine (C=N–C) groups is 1. The predicted octanol–water partition coefficient (Wildman–Crippen LogP) is 0.495. The average Bonchev–Trinajstić information content (AvgIpc) is 3.02. The largest absolute Gasteiger partial charge is 0.356 e. The SMILES string of the molecule is CN=C(NCc1cnn(C)c1)NCC1CC1. The van der Waals surface area contributed by atoms with Crippen LogP contribution in [0, 0.1) is 5.92 Å². The molecule has 0 radical (unpaired) electrons. The monoisotopic (exact) mass is 221 g/mol. The number of guanidine groups is 1. The van der Waals surface area contributed by atoms with Crippen molar-refractivity contribution in [2.45, 2.75) is 19.4 Å². The second kappa shape index (κ2) is 5.01. The van der Waals surface area contributed by atoms with Gasteiger partial charge in [0.2, 0.25) is 0 Å². The van der Waals surface area contributed by atoms with Crippen LogP contribution >= 0.6 is 0 Å². The molecule has 1 aliphatic rings. The summed E-state index contributed by atoms with van der Waals surface area (Å²) in [4.78, 5) is 4.18. The minimum atomic E-state index is 0.762. The van der Waals surface area contributed by atoms with E-state index in [0.29, 0.717) is 0 Å². The third kappa shape index (κ3) is 3.25. The van der Waals surface area contributed by atoms with E-state index < -0.39 is 0 Å². The normalized spacial score (nSPS) is 16.2. The Morgan fingerprint density at radius 1 is 1.56 bits per heavy atom. The summed E-state index contributed by atoms with van der Waals surface area (Å²) in [5.74, 6) is 1.73. The van der Waals surface area contributed by atoms with E-state index in [4.69, 9.17) is 0 Å². The maximum absolute atomic E-state index is 4.18. The van der Waals surface area contributed by atoms with Gasteiger partial charge in [-0.25, -0.2) is 0 Å². The first-order chi connectivity index (χ1) is 7.78. The Labute approximate surface area is 95.9 Å². The van der Waals surface area contributed by atoms with Crippen LogP contribution in [0.1, 0.15) is 18.4 Å². The van der Waals surface area contributed by atoms with Crippen molar-refractivity contribution in [2.75, 3.05) is 13.6 Å². The van der Waals surface area contributed by atoms with Gasteiger partial charge in [0.15, 0.2) is 5.96 Å². The lowest BCUT2D eigenvalue weighted by Gasteiger charge is -2.10. The molecule has 0 aromatic carbocycles. The van der Waals surface area contributed by atoms with Gasteiger partial charge in [0, 0.05) is 38.9 Å². The number of rotatable bonds is 4. The molecule has 1 aromatic rings. The van der Waals surface area contributed by atoms with Crippen molar-refractivity contribution in [1.29, 1.82) is 0 Å². The zero-order valence-corrected chi connectivity index (χ0v) is 9.90. The van der Waals surface area contributed by atoms with E-state index in [0.717, 1.165) is 30.5 Å². The first kappa shape index (κ1) is 11.0. The van der Waals surface area contributed by atoms with Crippen LogP contribution in [-0.2, 0) is 13.6 Å². The molecule has 0 amide bonds. The molecule has 88 valence electrons. The minimum Gasteiger partial charge on any atom is -0.356 e. The maximum Gasteiger partial charge on any atom is 0.191 e. The van der Waals surface area contributed by atoms with E-state index in [1.165, 1.54) is 12.8 Å². The highest BCUT2D eigenvalue weighted by Gasteiger charge is 2.20. The van der Waals surface area contributed by atoms with E-state index in [9.17, 15) is 0 Å². The molecule has 0 aliphatic heterocycles.